The Morgan fingerprint density at radius 1 is 1.11 bits per heavy atom. The van der Waals surface area contributed by atoms with Gasteiger partial charge in [-0.1, -0.05) is 23.3 Å². The van der Waals surface area contributed by atoms with E-state index in [0.717, 1.165) is 0 Å². The van der Waals surface area contributed by atoms with Crippen LogP contribution in [0.2, 0.25) is 0 Å². The molecule has 0 unspecified atom stereocenters. The number of anilines is 1. The fraction of sp³-hybridized carbons (Fsp3) is 0.240. The maximum absolute atomic E-state index is 13.3. The Labute approximate surface area is 221 Å². The van der Waals surface area contributed by atoms with Crippen LogP contribution in [0.15, 0.2) is 48.8 Å². The minimum absolute atomic E-state index is 0.0912. The molecule has 4 heterocycles. The van der Waals surface area contributed by atoms with Gasteiger partial charge in [0.15, 0.2) is 0 Å². The van der Waals surface area contributed by atoms with Crippen molar-refractivity contribution < 1.29 is 14.5 Å². The standard InChI is InChI=1S/C25H22N8O4S/c1-30-21(33(35)36)16-27-22(30)23-28-29-25(38-23)32-13-11-31(12-14-32)24(34)18-7-9-20(37-2)17(15-18)6-8-19-5-3-4-10-26-19/h3-5,7,9-10,15-16H,11-14H2,1-2H3. The molecule has 12 nitrogen and oxygen atoms in total. The predicted molar refractivity (Wildman–Crippen MR) is 140 cm³/mol. The summed E-state index contributed by atoms with van der Waals surface area (Å²) in [6.07, 6.45) is 2.88. The molecule has 1 aliphatic rings. The molecule has 0 atom stereocenters. The van der Waals surface area contributed by atoms with Gasteiger partial charge >= 0.3 is 5.82 Å². The number of amides is 1. The van der Waals surface area contributed by atoms with Gasteiger partial charge in [-0.05, 0) is 41.2 Å². The summed E-state index contributed by atoms with van der Waals surface area (Å²) in [6.45, 7) is 2.15. The van der Waals surface area contributed by atoms with Crippen molar-refractivity contribution in [2.45, 2.75) is 0 Å². The molecular formula is C25H22N8O4S. The average molecular weight is 531 g/mol. The van der Waals surface area contributed by atoms with Crippen molar-refractivity contribution in [2.75, 3.05) is 38.2 Å². The largest absolute Gasteiger partial charge is 0.495 e. The van der Waals surface area contributed by atoms with E-state index in [1.807, 2.05) is 23.1 Å². The number of ether oxygens (including phenoxy) is 1. The fourth-order valence-corrected chi connectivity index (χ4v) is 4.92. The number of aromatic nitrogens is 5. The zero-order valence-corrected chi connectivity index (χ0v) is 21.4. The second-order valence-electron chi connectivity index (χ2n) is 8.31. The van der Waals surface area contributed by atoms with Gasteiger partial charge in [-0.15, -0.1) is 10.2 Å². The normalized spacial score (nSPS) is 13.1. The van der Waals surface area contributed by atoms with Gasteiger partial charge < -0.3 is 24.7 Å². The van der Waals surface area contributed by atoms with E-state index in [0.29, 0.717) is 64.7 Å². The van der Waals surface area contributed by atoms with Crippen molar-refractivity contribution in [3.8, 4) is 28.4 Å². The molecule has 0 bridgehead atoms. The third-order valence-corrected chi connectivity index (χ3v) is 7.01. The second-order valence-corrected chi connectivity index (χ2v) is 9.26. The first-order valence-corrected chi connectivity index (χ1v) is 12.4. The summed E-state index contributed by atoms with van der Waals surface area (Å²) in [4.78, 5) is 36.0. The molecule has 5 rings (SSSR count). The molecule has 0 radical (unpaired) electrons. The van der Waals surface area contributed by atoms with Crippen LogP contribution in [0.3, 0.4) is 0 Å². The number of carbonyl (C=O) groups excluding carboxylic acids is 1. The topological polar surface area (TPSA) is 132 Å². The van der Waals surface area contributed by atoms with Crippen molar-refractivity contribution in [2.24, 2.45) is 7.05 Å². The zero-order chi connectivity index (χ0) is 26.6. The van der Waals surface area contributed by atoms with Gasteiger partial charge in [-0.25, -0.2) is 14.5 Å². The number of hydrogen-bond acceptors (Lipinski definition) is 10. The van der Waals surface area contributed by atoms with Gasteiger partial charge in [0.1, 0.15) is 17.6 Å². The highest BCUT2D eigenvalue weighted by Crippen LogP contribution is 2.30. The molecule has 1 saturated heterocycles. The minimum atomic E-state index is -0.493. The summed E-state index contributed by atoms with van der Waals surface area (Å²) in [7, 11) is 3.14. The van der Waals surface area contributed by atoms with Crippen LogP contribution in [-0.4, -0.2) is 73.8 Å². The van der Waals surface area contributed by atoms with E-state index in [1.165, 1.54) is 22.1 Å². The number of hydrogen-bond donors (Lipinski definition) is 0. The third kappa shape index (κ3) is 5.02. The SMILES string of the molecule is COc1ccc(C(=O)N2CCN(c3nnc(-c4ncc([N+](=O)[O-])n4C)s3)CC2)cc1C#Cc1ccccn1. The van der Waals surface area contributed by atoms with Crippen LogP contribution >= 0.6 is 11.3 Å². The lowest BCUT2D eigenvalue weighted by atomic mass is 10.1. The van der Waals surface area contributed by atoms with E-state index in [2.05, 4.69) is 32.0 Å². The third-order valence-electron chi connectivity index (χ3n) is 6.03. The van der Waals surface area contributed by atoms with Crippen molar-refractivity contribution >= 4 is 28.2 Å². The molecule has 1 fully saturated rings. The maximum Gasteiger partial charge on any atom is 0.342 e. The molecule has 0 spiro atoms. The molecule has 1 aliphatic heterocycles. The zero-order valence-electron chi connectivity index (χ0n) is 20.6. The Kier molecular flexibility index (Phi) is 6.96. The number of carbonyl (C=O) groups is 1. The first-order chi connectivity index (χ1) is 18.4. The quantitative estimate of drug-likeness (QED) is 0.217. The molecule has 1 aromatic carbocycles. The number of nitrogens with zero attached hydrogens (tertiary/aromatic N) is 8. The molecule has 0 saturated carbocycles. The van der Waals surface area contributed by atoms with Gasteiger partial charge in [0.05, 0.1) is 19.7 Å². The van der Waals surface area contributed by atoms with Crippen molar-refractivity contribution in [3.63, 3.8) is 0 Å². The number of piperazine rings is 1. The second kappa shape index (κ2) is 10.7. The molecule has 192 valence electrons. The van der Waals surface area contributed by atoms with Gasteiger partial charge in [0, 0.05) is 37.9 Å². The molecule has 0 aliphatic carbocycles. The number of benzene rings is 1. The molecule has 3 aromatic heterocycles. The molecule has 38 heavy (non-hydrogen) atoms. The van der Waals surface area contributed by atoms with Crippen molar-refractivity contribution in [1.29, 1.82) is 0 Å². The van der Waals surface area contributed by atoms with Crippen LogP contribution in [0, 0.1) is 22.0 Å². The first kappa shape index (κ1) is 24.8. The summed E-state index contributed by atoms with van der Waals surface area (Å²) in [5.41, 5.74) is 1.76. The van der Waals surface area contributed by atoms with Gasteiger partial charge in [0.25, 0.3) is 11.7 Å². The van der Waals surface area contributed by atoms with Crippen molar-refractivity contribution in [1.82, 2.24) is 29.6 Å². The lowest BCUT2D eigenvalue weighted by molar-refractivity contribution is -0.391. The van der Waals surface area contributed by atoms with Gasteiger partial charge in [0.2, 0.25) is 10.1 Å². The summed E-state index contributed by atoms with van der Waals surface area (Å²) in [5, 5.41) is 20.7. The number of rotatable bonds is 5. The lowest BCUT2D eigenvalue weighted by Gasteiger charge is -2.34. The van der Waals surface area contributed by atoms with Crippen LogP contribution in [0.1, 0.15) is 21.6 Å². The number of nitro groups is 1. The number of imidazole rings is 1. The Morgan fingerprint density at radius 2 is 1.92 bits per heavy atom. The first-order valence-electron chi connectivity index (χ1n) is 11.6. The minimum Gasteiger partial charge on any atom is -0.495 e. The lowest BCUT2D eigenvalue weighted by Crippen LogP contribution is -2.48. The van der Waals surface area contributed by atoms with E-state index in [9.17, 15) is 14.9 Å². The average Bonchev–Trinajstić information content (AvgIpc) is 3.59. The summed E-state index contributed by atoms with van der Waals surface area (Å²) in [5.74, 6) is 6.83. The van der Waals surface area contributed by atoms with E-state index < -0.39 is 4.92 Å². The Morgan fingerprint density at radius 3 is 2.61 bits per heavy atom. The smallest absolute Gasteiger partial charge is 0.342 e. The highest BCUT2D eigenvalue weighted by Gasteiger charge is 2.27. The van der Waals surface area contributed by atoms with Gasteiger partial charge in [-0.3, -0.25) is 4.79 Å². The van der Waals surface area contributed by atoms with Crippen molar-refractivity contribution in [3.05, 3.63) is 75.7 Å². The predicted octanol–water partition coefficient (Wildman–Crippen LogP) is 2.61. The van der Waals surface area contributed by atoms with E-state index in [-0.39, 0.29) is 11.7 Å². The van der Waals surface area contributed by atoms with E-state index in [1.54, 1.807) is 43.5 Å². The monoisotopic (exact) mass is 530 g/mol. The Hall–Kier alpha value is -4.83. The Balaban J connectivity index is 1.26. The van der Waals surface area contributed by atoms with Crippen LogP contribution < -0.4 is 9.64 Å². The summed E-state index contributed by atoms with van der Waals surface area (Å²) >= 11 is 1.31. The fourth-order valence-electron chi connectivity index (χ4n) is 3.99. The maximum atomic E-state index is 13.3. The van der Waals surface area contributed by atoms with E-state index >= 15 is 0 Å². The van der Waals surface area contributed by atoms with Crippen LogP contribution in [0.4, 0.5) is 10.9 Å². The number of pyridine rings is 1. The Bertz CT molecular complexity index is 1550. The molecular weight excluding hydrogens is 508 g/mol. The highest BCUT2D eigenvalue weighted by atomic mass is 32.1. The number of methoxy groups -OCH3 is 1. The van der Waals surface area contributed by atoms with Crippen LogP contribution in [0.5, 0.6) is 5.75 Å². The summed E-state index contributed by atoms with van der Waals surface area (Å²) in [6, 6.07) is 10.7. The van der Waals surface area contributed by atoms with Crippen LogP contribution in [0.25, 0.3) is 10.8 Å². The van der Waals surface area contributed by atoms with E-state index in [4.69, 9.17) is 4.74 Å². The molecule has 1 amide bonds. The van der Waals surface area contributed by atoms with Crippen LogP contribution in [-0.2, 0) is 7.05 Å². The molecule has 13 heteroatoms. The summed E-state index contributed by atoms with van der Waals surface area (Å²) < 4.78 is 6.81. The highest BCUT2D eigenvalue weighted by molar-refractivity contribution is 7.18. The van der Waals surface area contributed by atoms with Gasteiger partial charge in [-0.2, -0.15) is 0 Å². The molecule has 4 aromatic rings. The molecule has 0 N–H and O–H groups in total.